The molecule has 3 aliphatic rings. The second-order valence-corrected chi connectivity index (χ2v) is 18.6. The number of allylic oxidation sites excluding steroid dienone is 8. The molecule has 1 aromatic heterocycles. The van der Waals surface area contributed by atoms with E-state index in [0.29, 0.717) is 23.4 Å². The molecule has 0 bridgehead atoms. The maximum absolute atomic E-state index is 5.20. The molecule has 3 unspecified atom stereocenters. The van der Waals surface area contributed by atoms with Crippen molar-refractivity contribution in [1.82, 2.24) is 15.0 Å². The van der Waals surface area contributed by atoms with Crippen molar-refractivity contribution in [3.8, 4) is 67.3 Å². The van der Waals surface area contributed by atoms with Gasteiger partial charge in [0.05, 0.1) is 5.41 Å². The van der Waals surface area contributed by atoms with Crippen LogP contribution in [-0.4, -0.2) is 15.0 Å². The van der Waals surface area contributed by atoms with Gasteiger partial charge in [-0.15, -0.1) is 0 Å². The fourth-order valence-corrected chi connectivity index (χ4v) is 11.2. The molecule has 0 N–H and O–H groups in total. The van der Waals surface area contributed by atoms with E-state index in [9.17, 15) is 0 Å². The summed E-state index contributed by atoms with van der Waals surface area (Å²) in [6.45, 7) is 4.69. The molecule has 3 atom stereocenters. The Morgan fingerprint density at radius 3 is 1.93 bits per heavy atom. The van der Waals surface area contributed by atoms with Crippen LogP contribution in [-0.2, 0) is 5.41 Å². The summed E-state index contributed by atoms with van der Waals surface area (Å²) in [5.74, 6) is 2.47. The van der Waals surface area contributed by atoms with E-state index >= 15 is 0 Å². The van der Waals surface area contributed by atoms with Crippen LogP contribution in [0, 0.1) is 11.3 Å². The maximum Gasteiger partial charge on any atom is 0.164 e. The van der Waals surface area contributed by atoms with E-state index in [-0.39, 0.29) is 5.41 Å². The topological polar surface area (TPSA) is 38.7 Å². The molecular weight excluding hydrogens is 811 g/mol. The van der Waals surface area contributed by atoms with Crippen molar-refractivity contribution in [2.45, 2.75) is 32.1 Å². The molecule has 0 amide bonds. The van der Waals surface area contributed by atoms with E-state index < -0.39 is 5.41 Å². The molecule has 3 nitrogen and oxygen atoms in total. The van der Waals surface area contributed by atoms with Crippen LogP contribution < -0.4 is 0 Å². The zero-order chi connectivity index (χ0) is 45.0. The Morgan fingerprint density at radius 1 is 0.493 bits per heavy atom. The van der Waals surface area contributed by atoms with Gasteiger partial charge in [0.1, 0.15) is 0 Å². The highest BCUT2D eigenvalue weighted by Crippen LogP contribution is 2.64. The lowest BCUT2D eigenvalue weighted by molar-refractivity contribution is 0.293. The first kappa shape index (κ1) is 40.5. The summed E-state index contributed by atoms with van der Waals surface area (Å²) in [5.41, 5.74) is 16.0. The zero-order valence-corrected chi connectivity index (χ0v) is 37.8. The van der Waals surface area contributed by atoms with Crippen molar-refractivity contribution in [3.63, 3.8) is 0 Å². The SMILES string of the molecule is CC1C=CC(c2nc(-c3ccc(-c4c(-c5cccc6c5-c5ccccc5C6(c5ccccc5)C5(C)C=CC=CC5)ccc5ccccc45)cc3)nc(-c3cccc(-c4ccccc4)c3)n2)=CC1. The average molecular weight is 860 g/mol. The highest BCUT2D eigenvalue weighted by Gasteiger charge is 2.55. The lowest BCUT2D eigenvalue weighted by Gasteiger charge is -2.47. The summed E-state index contributed by atoms with van der Waals surface area (Å²) in [4.78, 5) is 15.5. The van der Waals surface area contributed by atoms with Gasteiger partial charge >= 0.3 is 0 Å². The van der Waals surface area contributed by atoms with Crippen LogP contribution in [0.15, 0.2) is 231 Å². The first-order valence-corrected chi connectivity index (χ1v) is 23.6. The first-order chi connectivity index (χ1) is 33.0. The van der Waals surface area contributed by atoms with E-state index in [1.165, 1.54) is 55.3 Å². The van der Waals surface area contributed by atoms with Crippen molar-refractivity contribution in [1.29, 1.82) is 0 Å². The Hall–Kier alpha value is -8.01. The molecule has 3 aliphatic carbocycles. The average Bonchev–Trinajstić information content (AvgIpc) is 3.71. The van der Waals surface area contributed by atoms with Crippen LogP contribution in [0.1, 0.15) is 49.2 Å². The predicted molar refractivity (Wildman–Crippen MR) is 278 cm³/mol. The third-order valence-corrected chi connectivity index (χ3v) is 14.5. The normalized spacial score (nSPS) is 19.3. The standard InChI is InChI=1S/C64H49N3/c1-43-30-32-47(33-31-43)60-65-61(67-62(66-60)50-22-16-21-49(42-50)44-18-6-3-7-19-44)48-36-34-46(35-37-48)58-52-25-11-10-20-45(52)38-39-54(58)53-27-17-29-57-59(53)55-26-12-13-28-56(55)64(57,51-23-8-4-9-24-51)63(2)40-14-5-15-41-63/h3-30,32-40,42-43H,31,41H2,1-2H3. The number of benzene rings is 8. The number of hydrogen-bond donors (Lipinski definition) is 0. The summed E-state index contributed by atoms with van der Waals surface area (Å²) >= 11 is 0. The highest BCUT2D eigenvalue weighted by molar-refractivity contribution is 6.07. The molecule has 67 heavy (non-hydrogen) atoms. The lowest BCUT2D eigenvalue weighted by Crippen LogP contribution is -2.43. The number of fused-ring (bicyclic) bond motifs is 4. The van der Waals surface area contributed by atoms with E-state index in [1.807, 2.05) is 6.07 Å². The van der Waals surface area contributed by atoms with E-state index in [1.54, 1.807) is 0 Å². The predicted octanol–water partition coefficient (Wildman–Crippen LogP) is 16.2. The van der Waals surface area contributed by atoms with Gasteiger partial charge in [-0.1, -0.05) is 238 Å². The molecule has 3 heteroatoms. The van der Waals surface area contributed by atoms with Crippen molar-refractivity contribution in [2.24, 2.45) is 11.3 Å². The van der Waals surface area contributed by atoms with Crippen molar-refractivity contribution >= 4 is 16.3 Å². The second kappa shape index (κ2) is 16.5. The molecule has 0 fully saturated rings. The van der Waals surface area contributed by atoms with E-state index in [0.717, 1.165) is 46.2 Å². The van der Waals surface area contributed by atoms with Gasteiger partial charge in [0, 0.05) is 22.1 Å². The van der Waals surface area contributed by atoms with Crippen LogP contribution in [0.3, 0.4) is 0 Å². The minimum absolute atomic E-state index is 0.215. The van der Waals surface area contributed by atoms with Crippen LogP contribution in [0.4, 0.5) is 0 Å². The van der Waals surface area contributed by atoms with Crippen LogP contribution in [0.5, 0.6) is 0 Å². The second-order valence-electron chi connectivity index (χ2n) is 18.6. The van der Waals surface area contributed by atoms with Gasteiger partial charge in [0.2, 0.25) is 0 Å². The van der Waals surface area contributed by atoms with Gasteiger partial charge in [0.25, 0.3) is 0 Å². The summed E-state index contributed by atoms with van der Waals surface area (Å²) in [7, 11) is 0. The molecule has 9 aromatic rings. The number of rotatable bonds is 8. The van der Waals surface area contributed by atoms with Gasteiger partial charge in [0.15, 0.2) is 17.5 Å². The Morgan fingerprint density at radius 2 is 1.13 bits per heavy atom. The van der Waals surface area contributed by atoms with Gasteiger partial charge in [-0.05, 0) is 96.8 Å². The molecular formula is C64H49N3. The fourth-order valence-electron chi connectivity index (χ4n) is 11.2. The summed E-state index contributed by atoms with van der Waals surface area (Å²) in [6, 6.07) is 68.7. The lowest BCUT2D eigenvalue weighted by atomic mass is 9.54. The van der Waals surface area contributed by atoms with Crippen molar-refractivity contribution in [2.75, 3.05) is 0 Å². The molecule has 8 aromatic carbocycles. The highest BCUT2D eigenvalue weighted by atomic mass is 15.0. The Bertz CT molecular complexity index is 3490. The Labute approximate surface area is 393 Å². The monoisotopic (exact) mass is 859 g/mol. The number of nitrogens with zero attached hydrogens (tertiary/aromatic N) is 3. The van der Waals surface area contributed by atoms with Gasteiger partial charge in [-0.3, -0.25) is 0 Å². The summed E-state index contributed by atoms with van der Waals surface area (Å²) in [5, 5.41) is 2.42. The van der Waals surface area contributed by atoms with E-state index in [4.69, 9.17) is 15.0 Å². The first-order valence-electron chi connectivity index (χ1n) is 23.6. The summed E-state index contributed by atoms with van der Waals surface area (Å²) < 4.78 is 0. The van der Waals surface area contributed by atoms with Crippen LogP contribution in [0.2, 0.25) is 0 Å². The molecule has 320 valence electrons. The van der Waals surface area contributed by atoms with Crippen molar-refractivity contribution < 1.29 is 0 Å². The molecule has 1 heterocycles. The Balaban J connectivity index is 1.02. The fraction of sp³-hybridized carbons (Fsp3) is 0.109. The third-order valence-electron chi connectivity index (χ3n) is 14.5. The number of aromatic nitrogens is 3. The minimum Gasteiger partial charge on any atom is -0.208 e. The van der Waals surface area contributed by atoms with Gasteiger partial charge in [-0.2, -0.15) is 0 Å². The summed E-state index contributed by atoms with van der Waals surface area (Å²) in [6.07, 6.45) is 17.8. The quantitative estimate of drug-likeness (QED) is 0.153. The molecule has 12 rings (SSSR count). The largest absolute Gasteiger partial charge is 0.208 e. The van der Waals surface area contributed by atoms with Crippen LogP contribution in [0.25, 0.3) is 83.6 Å². The molecule has 0 aliphatic heterocycles. The maximum atomic E-state index is 5.20. The smallest absolute Gasteiger partial charge is 0.164 e. The molecule has 0 spiro atoms. The van der Waals surface area contributed by atoms with Crippen molar-refractivity contribution in [3.05, 3.63) is 253 Å². The van der Waals surface area contributed by atoms with Gasteiger partial charge < -0.3 is 0 Å². The third kappa shape index (κ3) is 6.76. The van der Waals surface area contributed by atoms with Crippen LogP contribution >= 0.6 is 0 Å². The Kier molecular flexibility index (Phi) is 9.94. The van der Waals surface area contributed by atoms with E-state index in [2.05, 4.69) is 238 Å². The van der Waals surface area contributed by atoms with Gasteiger partial charge in [-0.25, -0.2) is 15.0 Å². The molecule has 0 saturated carbocycles. The molecule has 0 radical (unpaired) electrons. The zero-order valence-electron chi connectivity index (χ0n) is 37.8. The number of hydrogen-bond acceptors (Lipinski definition) is 3. The molecule has 0 saturated heterocycles. The minimum atomic E-state index is -0.414.